The molecule has 158 valence electrons. The number of carbonyl (C=O) groups excluding carboxylic acids is 1. The standard InChI is InChI=1S/C21H26N6O3/c1-15-17(14-26(2)24-15)19(28)27-11-6-21(7-12-27,8-13-29-3)20-23-18(30-25-20)16-4-9-22-10-5-16/h4-5,9-10,14H,6-8,11-13H2,1-3H3. The molecule has 3 aromatic heterocycles. The minimum Gasteiger partial charge on any atom is -0.385 e. The fourth-order valence-corrected chi connectivity index (χ4v) is 4.05. The summed E-state index contributed by atoms with van der Waals surface area (Å²) >= 11 is 0. The van der Waals surface area contributed by atoms with Crippen molar-refractivity contribution in [3.05, 3.63) is 47.8 Å². The molecule has 1 aliphatic heterocycles. The minimum absolute atomic E-state index is 0.0199. The van der Waals surface area contributed by atoms with Crippen LogP contribution in [0.3, 0.4) is 0 Å². The molecule has 0 spiro atoms. The van der Waals surface area contributed by atoms with Crippen molar-refractivity contribution in [2.75, 3.05) is 26.8 Å². The molecule has 4 rings (SSSR count). The van der Waals surface area contributed by atoms with E-state index in [1.54, 1.807) is 30.4 Å². The van der Waals surface area contributed by atoms with Crippen molar-refractivity contribution in [3.8, 4) is 11.5 Å². The van der Waals surface area contributed by atoms with E-state index in [9.17, 15) is 4.79 Å². The zero-order chi connectivity index (χ0) is 21.1. The average molecular weight is 410 g/mol. The van der Waals surface area contributed by atoms with Gasteiger partial charge in [-0.15, -0.1) is 0 Å². The molecule has 0 N–H and O–H groups in total. The molecule has 9 nitrogen and oxygen atoms in total. The summed E-state index contributed by atoms with van der Waals surface area (Å²) in [5.74, 6) is 1.18. The molecular weight excluding hydrogens is 384 g/mol. The topological polar surface area (TPSA) is 99.2 Å². The first kappa shape index (κ1) is 20.2. The first-order valence-corrected chi connectivity index (χ1v) is 10.1. The number of hydrogen-bond acceptors (Lipinski definition) is 7. The number of piperidine rings is 1. The lowest BCUT2D eigenvalue weighted by atomic mass is 9.75. The molecular formula is C21H26N6O3. The zero-order valence-electron chi connectivity index (χ0n) is 17.5. The number of amides is 1. The van der Waals surface area contributed by atoms with Gasteiger partial charge in [0.15, 0.2) is 5.82 Å². The summed E-state index contributed by atoms with van der Waals surface area (Å²) in [6.07, 6.45) is 7.44. The molecule has 0 radical (unpaired) electrons. The highest BCUT2D eigenvalue weighted by Gasteiger charge is 2.41. The van der Waals surface area contributed by atoms with Crippen LogP contribution in [0.5, 0.6) is 0 Å². The Morgan fingerprint density at radius 2 is 2.00 bits per heavy atom. The molecule has 1 aliphatic rings. The van der Waals surface area contributed by atoms with E-state index >= 15 is 0 Å². The largest absolute Gasteiger partial charge is 0.385 e. The molecule has 0 aromatic carbocycles. The Morgan fingerprint density at radius 3 is 2.63 bits per heavy atom. The number of nitrogens with zero attached hydrogens (tertiary/aromatic N) is 6. The van der Waals surface area contributed by atoms with Gasteiger partial charge in [0.05, 0.1) is 11.3 Å². The van der Waals surface area contributed by atoms with Crippen molar-refractivity contribution in [2.24, 2.45) is 7.05 Å². The predicted molar refractivity (Wildman–Crippen MR) is 109 cm³/mol. The van der Waals surface area contributed by atoms with Crippen LogP contribution in [0, 0.1) is 6.92 Å². The van der Waals surface area contributed by atoms with E-state index in [1.807, 2.05) is 31.0 Å². The van der Waals surface area contributed by atoms with Gasteiger partial charge in [-0.05, 0) is 38.3 Å². The van der Waals surface area contributed by atoms with Crippen LogP contribution in [-0.2, 0) is 17.2 Å². The van der Waals surface area contributed by atoms with Crippen LogP contribution in [0.4, 0.5) is 0 Å². The lowest BCUT2D eigenvalue weighted by Gasteiger charge is -2.39. The summed E-state index contributed by atoms with van der Waals surface area (Å²) in [6, 6.07) is 3.69. The lowest BCUT2D eigenvalue weighted by Crippen LogP contribution is -2.46. The summed E-state index contributed by atoms with van der Waals surface area (Å²) < 4.78 is 12.6. The molecule has 0 atom stereocenters. The highest BCUT2D eigenvalue weighted by Crippen LogP contribution is 2.38. The lowest BCUT2D eigenvalue weighted by molar-refractivity contribution is 0.0615. The van der Waals surface area contributed by atoms with E-state index in [1.165, 1.54) is 0 Å². The highest BCUT2D eigenvalue weighted by atomic mass is 16.5. The van der Waals surface area contributed by atoms with Gasteiger partial charge in [0.2, 0.25) is 0 Å². The number of hydrogen-bond donors (Lipinski definition) is 0. The Labute approximate surface area is 175 Å². The van der Waals surface area contributed by atoms with Gasteiger partial charge in [0.25, 0.3) is 11.8 Å². The Balaban J connectivity index is 1.54. The number of likely N-dealkylation sites (tertiary alicyclic amines) is 1. The summed E-state index contributed by atoms with van der Waals surface area (Å²) in [5, 5.41) is 8.60. The molecule has 4 heterocycles. The van der Waals surface area contributed by atoms with Gasteiger partial charge in [-0.1, -0.05) is 5.16 Å². The van der Waals surface area contributed by atoms with Crippen LogP contribution < -0.4 is 0 Å². The number of carbonyl (C=O) groups is 1. The van der Waals surface area contributed by atoms with Crippen LogP contribution in [0.15, 0.2) is 35.2 Å². The monoisotopic (exact) mass is 410 g/mol. The van der Waals surface area contributed by atoms with Crippen molar-refractivity contribution in [2.45, 2.75) is 31.6 Å². The fourth-order valence-electron chi connectivity index (χ4n) is 4.05. The second kappa shape index (κ2) is 8.35. The number of rotatable bonds is 6. The van der Waals surface area contributed by atoms with E-state index in [0.717, 1.165) is 30.5 Å². The quantitative estimate of drug-likeness (QED) is 0.615. The SMILES string of the molecule is COCCC1(c2noc(-c3ccncc3)n2)CCN(C(=O)c2cn(C)nc2C)CC1. The van der Waals surface area contributed by atoms with Gasteiger partial charge in [-0.25, -0.2) is 0 Å². The molecule has 0 unspecified atom stereocenters. The van der Waals surface area contributed by atoms with Crippen LogP contribution in [0.25, 0.3) is 11.5 Å². The van der Waals surface area contributed by atoms with Crippen molar-refractivity contribution < 1.29 is 14.1 Å². The molecule has 0 saturated carbocycles. The second-order valence-electron chi connectivity index (χ2n) is 7.78. The van der Waals surface area contributed by atoms with E-state index in [4.69, 9.17) is 14.2 Å². The Morgan fingerprint density at radius 1 is 1.27 bits per heavy atom. The first-order valence-electron chi connectivity index (χ1n) is 10.1. The van der Waals surface area contributed by atoms with E-state index in [0.29, 0.717) is 37.0 Å². The molecule has 0 bridgehead atoms. The molecule has 3 aromatic rings. The van der Waals surface area contributed by atoms with E-state index < -0.39 is 0 Å². The maximum Gasteiger partial charge on any atom is 0.258 e. The van der Waals surface area contributed by atoms with Crippen LogP contribution >= 0.6 is 0 Å². The minimum atomic E-state index is -0.286. The first-order chi connectivity index (χ1) is 14.5. The summed E-state index contributed by atoms with van der Waals surface area (Å²) in [5.41, 5.74) is 1.96. The normalized spacial score (nSPS) is 16.0. The zero-order valence-corrected chi connectivity index (χ0v) is 17.5. The van der Waals surface area contributed by atoms with E-state index in [-0.39, 0.29) is 11.3 Å². The Kier molecular flexibility index (Phi) is 5.63. The van der Waals surface area contributed by atoms with Gasteiger partial charge < -0.3 is 14.2 Å². The smallest absolute Gasteiger partial charge is 0.258 e. The third kappa shape index (κ3) is 3.85. The number of methoxy groups -OCH3 is 1. The number of aryl methyl sites for hydroxylation is 2. The molecule has 1 saturated heterocycles. The van der Waals surface area contributed by atoms with Crippen LogP contribution in [0.2, 0.25) is 0 Å². The predicted octanol–water partition coefficient (Wildman–Crippen LogP) is 2.38. The number of pyridine rings is 1. The fraction of sp³-hybridized carbons (Fsp3) is 0.476. The van der Waals surface area contributed by atoms with Gasteiger partial charge >= 0.3 is 0 Å². The summed E-state index contributed by atoms with van der Waals surface area (Å²) in [4.78, 5) is 23.6. The maximum absolute atomic E-state index is 13.0. The Bertz CT molecular complexity index is 1000. The second-order valence-corrected chi connectivity index (χ2v) is 7.78. The van der Waals surface area contributed by atoms with E-state index in [2.05, 4.69) is 15.2 Å². The molecule has 1 fully saturated rings. The Hall–Kier alpha value is -3.07. The van der Waals surface area contributed by atoms with Gasteiger partial charge in [-0.2, -0.15) is 10.1 Å². The van der Waals surface area contributed by atoms with Crippen LogP contribution in [0.1, 0.15) is 41.1 Å². The van der Waals surface area contributed by atoms with Crippen molar-refractivity contribution in [3.63, 3.8) is 0 Å². The van der Waals surface area contributed by atoms with Crippen LogP contribution in [-0.4, -0.2) is 62.5 Å². The number of ether oxygens (including phenoxy) is 1. The van der Waals surface area contributed by atoms with Gasteiger partial charge in [0.1, 0.15) is 0 Å². The third-order valence-corrected chi connectivity index (χ3v) is 5.86. The average Bonchev–Trinajstić information content (AvgIpc) is 3.40. The highest BCUT2D eigenvalue weighted by molar-refractivity contribution is 5.95. The maximum atomic E-state index is 13.0. The van der Waals surface area contributed by atoms with Crippen molar-refractivity contribution >= 4 is 5.91 Å². The number of aromatic nitrogens is 5. The summed E-state index contributed by atoms with van der Waals surface area (Å²) in [7, 11) is 3.52. The van der Waals surface area contributed by atoms with Gasteiger partial charge in [-0.3, -0.25) is 14.5 Å². The third-order valence-electron chi connectivity index (χ3n) is 5.86. The summed E-state index contributed by atoms with van der Waals surface area (Å²) in [6.45, 7) is 3.70. The van der Waals surface area contributed by atoms with Crippen molar-refractivity contribution in [1.29, 1.82) is 0 Å². The molecule has 1 amide bonds. The van der Waals surface area contributed by atoms with Crippen molar-refractivity contribution in [1.82, 2.24) is 29.8 Å². The molecule has 0 aliphatic carbocycles. The molecule has 9 heteroatoms. The molecule has 30 heavy (non-hydrogen) atoms. The van der Waals surface area contributed by atoms with Gasteiger partial charge in [0, 0.05) is 63.4 Å².